The molecule has 0 N–H and O–H groups in total. The summed E-state index contributed by atoms with van der Waals surface area (Å²) in [7, 11) is -1.63. The van der Waals surface area contributed by atoms with Crippen molar-refractivity contribution in [2.45, 2.75) is 30.9 Å². The molecule has 4 rings (SSSR count). The number of nitrogens with zero attached hydrogens (tertiary/aromatic N) is 3. The van der Waals surface area contributed by atoms with E-state index >= 15 is 0 Å². The average molecular weight is 450 g/mol. The van der Waals surface area contributed by atoms with Crippen molar-refractivity contribution in [1.29, 1.82) is 0 Å². The molecular weight excluding hydrogens is 426 g/mol. The smallest absolute Gasteiger partial charge is 0.252 e. The van der Waals surface area contributed by atoms with Gasteiger partial charge in [-0.05, 0) is 55.3 Å². The van der Waals surface area contributed by atoms with Crippen LogP contribution in [-0.4, -0.2) is 36.3 Å². The zero-order chi connectivity index (χ0) is 20.8. The van der Waals surface area contributed by atoms with Gasteiger partial charge in [-0.25, -0.2) is 8.42 Å². The molecule has 1 amide bonds. The van der Waals surface area contributed by atoms with Gasteiger partial charge in [0, 0.05) is 20.1 Å². The summed E-state index contributed by atoms with van der Waals surface area (Å²) in [4.78, 5) is 18.0. The summed E-state index contributed by atoms with van der Waals surface area (Å²) in [6.07, 6.45) is 1.32. The lowest BCUT2D eigenvalue weighted by atomic mass is 9.99. The Kier molecular flexibility index (Phi) is 5.50. The van der Waals surface area contributed by atoms with Crippen LogP contribution in [0.3, 0.4) is 0 Å². The molecule has 1 aromatic carbocycles. The van der Waals surface area contributed by atoms with Gasteiger partial charge in [-0.15, -0.1) is 11.3 Å². The number of hydrogen-bond donors (Lipinski definition) is 0. The molecule has 0 aliphatic carbocycles. The summed E-state index contributed by atoms with van der Waals surface area (Å²) < 4.78 is 30.4. The first-order valence-corrected chi connectivity index (χ1v) is 12.6. The van der Waals surface area contributed by atoms with Crippen molar-refractivity contribution >= 4 is 48.8 Å². The number of carbonyl (C=O) groups is 1. The lowest BCUT2D eigenvalue weighted by Gasteiger charge is -2.29. The predicted octanol–water partition coefficient (Wildman–Crippen LogP) is 3.45. The van der Waals surface area contributed by atoms with Crippen LogP contribution in [0.2, 0.25) is 0 Å². The maximum atomic E-state index is 12.9. The lowest BCUT2D eigenvalue weighted by Crippen LogP contribution is -2.42. The second-order valence-electron chi connectivity index (χ2n) is 7.46. The number of carbonyl (C=O) groups excluding carboxylic acids is 1. The van der Waals surface area contributed by atoms with E-state index in [0.29, 0.717) is 28.4 Å². The fourth-order valence-electron chi connectivity index (χ4n) is 3.76. The summed E-state index contributed by atoms with van der Waals surface area (Å²) in [5, 5.41) is 1.75. The normalized spacial score (nSPS) is 19.1. The van der Waals surface area contributed by atoms with E-state index in [1.807, 2.05) is 11.6 Å². The van der Waals surface area contributed by atoms with E-state index in [4.69, 9.17) is 0 Å². The minimum Gasteiger partial charge on any atom is -0.319 e. The molecule has 0 saturated carbocycles. The van der Waals surface area contributed by atoms with Crippen LogP contribution in [0.15, 0.2) is 38.8 Å². The highest BCUT2D eigenvalue weighted by Gasteiger charge is 2.33. The van der Waals surface area contributed by atoms with Gasteiger partial charge in [-0.3, -0.25) is 4.79 Å². The number of sulfonamides is 1. The summed E-state index contributed by atoms with van der Waals surface area (Å²) in [6, 6.07) is 7.55. The molecule has 29 heavy (non-hydrogen) atoms. The maximum absolute atomic E-state index is 12.9. The quantitative estimate of drug-likeness (QED) is 0.615. The Morgan fingerprint density at radius 1 is 1.28 bits per heavy atom. The Morgan fingerprint density at radius 3 is 2.79 bits per heavy atom. The number of rotatable bonds is 3. The number of fused-ring (bicyclic) bond motifs is 1. The molecule has 0 bridgehead atoms. The molecular formula is C20H23N3O3S3. The third-order valence-electron chi connectivity index (χ3n) is 5.27. The molecule has 1 aliphatic rings. The topological polar surface area (TPSA) is 71.7 Å². The van der Waals surface area contributed by atoms with Crippen LogP contribution >= 0.6 is 22.7 Å². The number of hydrogen-bond acceptors (Lipinski definition) is 5. The standard InChI is InChI=1S/C20H23N3O3S3/c1-13-10-14(2)18-16(11-13)22(3)20(28-18)21-19(24)15-6-4-8-23(12-15)29(25,26)17-7-5-9-27-17/h5,7,9-11,15H,4,6,8,12H2,1-3H3. The second kappa shape index (κ2) is 7.79. The van der Waals surface area contributed by atoms with Crippen molar-refractivity contribution in [3.63, 3.8) is 0 Å². The maximum Gasteiger partial charge on any atom is 0.252 e. The van der Waals surface area contributed by atoms with E-state index in [9.17, 15) is 13.2 Å². The summed E-state index contributed by atoms with van der Waals surface area (Å²) in [5.74, 6) is -0.654. The van der Waals surface area contributed by atoms with Gasteiger partial charge in [0.05, 0.1) is 16.1 Å². The molecule has 1 atom stereocenters. The number of benzene rings is 1. The monoisotopic (exact) mass is 449 g/mol. The van der Waals surface area contributed by atoms with Gasteiger partial charge < -0.3 is 4.57 Å². The minimum absolute atomic E-state index is 0.190. The van der Waals surface area contributed by atoms with Crippen molar-refractivity contribution in [1.82, 2.24) is 8.87 Å². The first-order valence-electron chi connectivity index (χ1n) is 9.46. The molecule has 1 aliphatic heterocycles. The first-order chi connectivity index (χ1) is 13.8. The molecule has 0 spiro atoms. The van der Waals surface area contributed by atoms with Crippen LogP contribution in [0.25, 0.3) is 10.2 Å². The first kappa shape index (κ1) is 20.5. The van der Waals surface area contributed by atoms with Crippen molar-refractivity contribution in [2.24, 2.45) is 18.0 Å². The molecule has 0 radical (unpaired) electrons. The fourth-order valence-corrected chi connectivity index (χ4v) is 7.50. The largest absolute Gasteiger partial charge is 0.319 e. The number of thiophene rings is 1. The van der Waals surface area contributed by atoms with Gasteiger partial charge in [-0.2, -0.15) is 9.30 Å². The average Bonchev–Trinajstić information content (AvgIpc) is 3.33. The second-order valence-corrected chi connectivity index (χ2v) is 11.5. The molecule has 9 heteroatoms. The van der Waals surface area contributed by atoms with Gasteiger partial charge in [0.15, 0.2) is 4.80 Å². The van der Waals surface area contributed by atoms with Crippen LogP contribution in [0, 0.1) is 19.8 Å². The molecule has 6 nitrogen and oxygen atoms in total. The van der Waals surface area contributed by atoms with E-state index < -0.39 is 15.9 Å². The van der Waals surface area contributed by atoms with Gasteiger partial charge in [0.2, 0.25) is 0 Å². The summed E-state index contributed by atoms with van der Waals surface area (Å²) in [6.45, 7) is 4.75. The van der Waals surface area contributed by atoms with Crippen molar-refractivity contribution in [3.05, 3.63) is 45.6 Å². The van der Waals surface area contributed by atoms with Crippen LogP contribution in [0.1, 0.15) is 24.0 Å². The van der Waals surface area contributed by atoms with Crippen LogP contribution in [0.5, 0.6) is 0 Å². The zero-order valence-electron chi connectivity index (χ0n) is 16.6. The van der Waals surface area contributed by atoms with E-state index in [0.717, 1.165) is 10.2 Å². The summed E-state index contributed by atoms with van der Waals surface area (Å²) in [5.41, 5.74) is 3.40. The predicted molar refractivity (Wildman–Crippen MR) is 117 cm³/mol. The van der Waals surface area contributed by atoms with Crippen molar-refractivity contribution in [2.75, 3.05) is 13.1 Å². The highest BCUT2D eigenvalue weighted by Crippen LogP contribution is 2.27. The SMILES string of the molecule is Cc1cc(C)c2sc(=NC(=O)C3CCCN(S(=O)(=O)c4cccs4)C3)n(C)c2c1. The van der Waals surface area contributed by atoms with E-state index in [1.165, 1.54) is 38.1 Å². The molecule has 1 unspecified atom stereocenters. The molecule has 154 valence electrons. The van der Waals surface area contributed by atoms with Gasteiger partial charge in [-0.1, -0.05) is 23.5 Å². The number of thiazole rings is 1. The fraction of sp³-hybridized carbons (Fsp3) is 0.400. The molecule has 3 aromatic rings. The molecule has 3 heterocycles. The lowest BCUT2D eigenvalue weighted by molar-refractivity contribution is -0.122. The zero-order valence-corrected chi connectivity index (χ0v) is 19.0. The summed E-state index contributed by atoms with van der Waals surface area (Å²) >= 11 is 2.70. The molecule has 1 fully saturated rings. The van der Waals surface area contributed by atoms with Gasteiger partial charge in [0.25, 0.3) is 15.9 Å². The number of aryl methyl sites for hydroxylation is 3. The van der Waals surface area contributed by atoms with Crippen LogP contribution in [0.4, 0.5) is 0 Å². The number of aromatic nitrogens is 1. The highest BCUT2D eigenvalue weighted by molar-refractivity contribution is 7.91. The third-order valence-corrected chi connectivity index (χ3v) is 9.79. The third kappa shape index (κ3) is 3.84. The molecule has 2 aromatic heterocycles. The Labute approximate surface area is 178 Å². The highest BCUT2D eigenvalue weighted by atomic mass is 32.2. The van der Waals surface area contributed by atoms with Gasteiger partial charge in [0.1, 0.15) is 4.21 Å². The Morgan fingerprint density at radius 2 is 2.07 bits per heavy atom. The Hall–Kier alpha value is -1.81. The number of amides is 1. The van der Waals surface area contributed by atoms with E-state index in [2.05, 4.69) is 31.0 Å². The van der Waals surface area contributed by atoms with Gasteiger partial charge >= 0.3 is 0 Å². The van der Waals surface area contributed by atoms with Crippen LogP contribution < -0.4 is 4.80 Å². The Balaban J connectivity index is 1.63. The van der Waals surface area contributed by atoms with Crippen LogP contribution in [-0.2, 0) is 21.9 Å². The van der Waals surface area contributed by atoms with Crippen molar-refractivity contribution < 1.29 is 13.2 Å². The molecule has 1 saturated heterocycles. The van der Waals surface area contributed by atoms with E-state index in [-0.39, 0.29) is 12.5 Å². The number of piperidine rings is 1. The minimum atomic E-state index is -3.54. The van der Waals surface area contributed by atoms with Crippen molar-refractivity contribution in [3.8, 4) is 0 Å². The van der Waals surface area contributed by atoms with E-state index in [1.54, 1.807) is 17.5 Å². The Bertz CT molecular complexity index is 1240.